The van der Waals surface area contributed by atoms with Crippen molar-refractivity contribution in [3.63, 3.8) is 0 Å². The number of ether oxygens (including phenoxy) is 2. The summed E-state index contributed by atoms with van der Waals surface area (Å²) in [5.41, 5.74) is 1.42. The highest BCUT2D eigenvalue weighted by atomic mass is 16.7. The maximum Gasteiger partial charge on any atom is 0.269 e. The molecule has 0 aromatic heterocycles. The first-order valence-electron chi connectivity index (χ1n) is 9.40. The lowest BCUT2D eigenvalue weighted by molar-refractivity contribution is -0.384. The fraction of sp³-hybridized carbons (Fsp3) is 0.238. The Morgan fingerprint density at radius 3 is 2.73 bits per heavy atom. The number of nitrogens with one attached hydrogen (secondary N) is 1. The van der Waals surface area contributed by atoms with Crippen LogP contribution in [0.4, 0.5) is 11.4 Å². The molecule has 0 saturated carbocycles. The second-order valence-corrected chi connectivity index (χ2v) is 7.04. The Hall–Kier alpha value is -3.88. The molecule has 0 spiro atoms. The average molecular weight is 409 g/mol. The highest BCUT2D eigenvalue weighted by molar-refractivity contribution is 5.96. The number of nitro benzene ring substituents is 1. The van der Waals surface area contributed by atoms with E-state index in [4.69, 9.17) is 9.47 Å². The lowest BCUT2D eigenvalue weighted by atomic mass is 10.1. The number of hydrogen-bond donors (Lipinski definition) is 1. The van der Waals surface area contributed by atoms with Gasteiger partial charge in [-0.25, -0.2) is 0 Å². The number of carbonyl (C=O) groups excluding carboxylic acids is 2. The standard InChI is InChI=1S/C21H19N3O6/c25-20(8-3-14-1-4-16(5-2-14)24(27)28)22-11-15-9-21(26)23(12-15)17-6-7-18-19(10-17)30-13-29-18/h1-8,10,15H,9,11-13H2,(H,22,25)/b8-3-. The second kappa shape index (κ2) is 8.24. The lowest BCUT2D eigenvalue weighted by Gasteiger charge is -2.17. The van der Waals surface area contributed by atoms with Gasteiger partial charge in [0.05, 0.1) is 4.92 Å². The fourth-order valence-corrected chi connectivity index (χ4v) is 3.40. The first-order chi connectivity index (χ1) is 14.5. The smallest absolute Gasteiger partial charge is 0.269 e. The van der Waals surface area contributed by atoms with Gasteiger partial charge in [-0.3, -0.25) is 19.7 Å². The Balaban J connectivity index is 1.29. The van der Waals surface area contributed by atoms with Crippen molar-refractivity contribution in [3.05, 3.63) is 64.2 Å². The summed E-state index contributed by atoms with van der Waals surface area (Å²) in [6, 6.07) is 11.3. The molecule has 2 aromatic carbocycles. The first-order valence-corrected chi connectivity index (χ1v) is 9.40. The van der Waals surface area contributed by atoms with Gasteiger partial charge in [-0.15, -0.1) is 0 Å². The maximum atomic E-state index is 12.4. The molecule has 2 heterocycles. The van der Waals surface area contributed by atoms with Crippen LogP contribution in [0.3, 0.4) is 0 Å². The van der Waals surface area contributed by atoms with E-state index in [1.54, 1.807) is 35.2 Å². The molecule has 30 heavy (non-hydrogen) atoms. The van der Waals surface area contributed by atoms with Crippen molar-refractivity contribution in [2.75, 3.05) is 24.8 Å². The Labute approximate surface area is 172 Å². The zero-order valence-electron chi connectivity index (χ0n) is 15.9. The van der Waals surface area contributed by atoms with E-state index in [9.17, 15) is 19.7 Å². The van der Waals surface area contributed by atoms with Crippen LogP contribution in [0.2, 0.25) is 0 Å². The minimum absolute atomic E-state index is 0.000326. The van der Waals surface area contributed by atoms with Gasteiger partial charge < -0.3 is 19.7 Å². The van der Waals surface area contributed by atoms with Crippen LogP contribution < -0.4 is 19.7 Å². The van der Waals surface area contributed by atoms with E-state index in [2.05, 4.69) is 5.32 Å². The summed E-state index contributed by atoms with van der Waals surface area (Å²) in [5, 5.41) is 13.5. The minimum atomic E-state index is -0.476. The summed E-state index contributed by atoms with van der Waals surface area (Å²) in [6.45, 7) is 1.05. The number of carbonyl (C=O) groups is 2. The predicted molar refractivity (Wildman–Crippen MR) is 108 cm³/mol. The number of benzene rings is 2. The maximum absolute atomic E-state index is 12.4. The number of fused-ring (bicyclic) bond motifs is 1. The van der Waals surface area contributed by atoms with Crippen LogP contribution in [-0.4, -0.2) is 36.6 Å². The van der Waals surface area contributed by atoms with E-state index in [-0.39, 0.29) is 30.2 Å². The third kappa shape index (κ3) is 4.24. The molecular formula is C21H19N3O6. The largest absolute Gasteiger partial charge is 0.454 e. The van der Waals surface area contributed by atoms with Crippen molar-refractivity contribution in [2.24, 2.45) is 5.92 Å². The van der Waals surface area contributed by atoms with E-state index in [1.807, 2.05) is 6.07 Å². The van der Waals surface area contributed by atoms with Gasteiger partial charge in [-0.1, -0.05) is 0 Å². The summed E-state index contributed by atoms with van der Waals surface area (Å²) in [4.78, 5) is 36.3. The van der Waals surface area contributed by atoms with Crippen LogP contribution in [0.5, 0.6) is 11.5 Å². The van der Waals surface area contributed by atoms with Crippen molar-refractivity contribution in [1.82, 2.24) is 5.32 Å². The molecule has 1 N–H and O–H groups in total. The third-order valence-corrected chi connectivity index (χ3v) is 4.97. The summed E-state index contributed by atoms with van der Waals surface area (Å²) in [7, 11) is 0. The topological polar surface area (TPSA) is 111 Å². The van der Waals surface area contributed by atoms with E-state index < -0.39 is 4.92 Å². The van der Waals surface area contributed by atoms with Gasteiger partial charge in [0.2, 0.25) is 18.6 Å². The predicted octanol–water partition coefficient (Wildman–Crippen LogP) is 2.51. The number of anilines is 1. The Kier molecular flexibility index (Phi) is 5.34. The summed E-state index contributed by atoms with van der Waals surface area (Å²) in [6.07, 6.45) is 3.30. The molecule has 2 aliphatic rings. The van der Waals surface area contributed by atoms with E-state index in [1.165, 1.54) is 18.2 Å². The monoisotopic (exact) mass is 409 g/mol. The van der Waals surface area contributed by atoms with Gasteiger partial charge in [0, 0.05) is 55.4 Å². The number of nitro groups is 1. The number of rotatable bonds is 6. The molecular weight excluding hydrogens is 390 g/mol. The molecule has 4 rings (SSSR count). The van der Waals surface area contributed by atoms with Gasteiger partial charge in [-0.05, 0) is 35.9 Å². The molecule has 9 heteroatoms. The van der Waals surface area contributed by atoms with Gasteiger partial charge in [-0.2, -0.15) is 0 Å². The molecule has 2 amide bonds. The zero-order valence-corrected chi connectivity index (χ0v) is 15.9. The fourth-order valence-electron chi connectivity index (χ4n) is 3.40. The number of nitrogens with zero attached hydrogens (tertiary/aromatic N) is 2. The quantitative estimate of drug-likeness (QED) is 0.446. The van der Waals surface area contributed by atoms with Crippen LogP contribution in [0.1, 0.15) is 12.0 Å². The molecule has 1 fully saturated rings. The molecule has 1 atom stereocenters. The molecule has 9 nitrogen and oxygen atoms in total. The van der Waals surface area contributed by atoms with Crippen molar-refractivity contribution < 1.29 is 24.0 Å². The van der Waals surface area contributed by atoms with Crippen molar-refractivity contribution in [2.45, 2.75) is 6.42 Å². The van der Waals surface area contributed by atoms with E-state index in [0.717, 1.165) is 5.69 Å². The van der Waals surface area contributed by atoms with Crippen LogP contribution in [0.15, 0.2) is 48.5 Å². The molecule has 2 aliphatic heterocycles. The SMILES string of the molecule is O=C(/C=C\c1ccc([N+](=O)[O-])cc1)NCC1CC(=O)N(c2ccc3c(c2)OCO3)C1. The van der Waals surface area contributed by atoms with Gasteiger partial charge in [0.1, 0.15) is 0 Å². The van der Waals surface area contributed by atoms with Gasteiger partial charge in [0.15, 0.2) is 11.5 Å². The Bertz CT molecular complexity index is 1020. The second-order valence-electron chi connectivity index (χ2n) is 7.04. The van der Waals surface area contributed by atoms with Gasteiger partial charge >= 0.3 is 0 Å². The molecule has 0 bridgehead atoms. The van der Waals surface area contributed by atoms with Crippen molar-refractivity contribution in [1.29, 1.82) is 0 Å². The van der Waals surface area contributed by atoms with Crippen molar-refractivity contribution >= 4 is 29.3 Å². The van der Waals surface area contributed by atoms with Crippen LogP contribution in [-0.2, 0) is 9.59 Å². The molecule has 0 radical (unpaired) electrons. The first kappa shape index (κ1) is 19.4. The molecule has 1 unspecified atom stereocenters. The molecule has 0 aliphatic carbocycles. The zero-order chi connectivity index (χ0) is 21.1. The molecule has 2 aromatic rings. The third-order valence-electron chi connectivity index (χ3n) is 4.97. The highest BCUT2D eigenvalue weighted by Crippen LogP contribution is 2.37. The molecule has 1 saturated heterocycles. The number of hydrogen-bond acceptors (Lipinski definition) is 6. The van der Waals surface area contributed by atoms with Crippen LogP contribution >= 0.6 is 0 Å². The lowest BCUT2D eigenvalue weighted by Crippen LogP contribution is -2.30. The van der Waals surface area contributed by atoms with E-state index >= 15 is 0 Å². The summed E-state index contributed by atoms with van der Waals surface area (Å²) in [5.74, 6) is 0.985. The summed E-state index contributed by atoms with van der Waals surface area (Å²) >= 11 is 0. The number of amides is 2. The van der Waals surface area contributed by atoms with Crippen molar-refractivity contribution in [3.8, 4) is 11.5 Å². The van der Waals surface area contributed by atoms with Crippen LogP contribution in [0.25, 0.3) is 6.08 Å². The minimum Gasteiger partial charge on any atom is -0.454 e. The highest BCUT2D eigenvalue weighted by Gasteiger charge is 2.31. The Morgan fingerprint density at radius 2 is 1.97 bits per heavy atom. The average Bonchev–Trinajstić information content (AvgIpc) is 3.36. The van der Waals surface area contributed by atoms with Gasteiger partial charge in [0.25, 0.3) is 5.69 Å². The normalized spacial score (nSPS) is 17.5. The van der Waals surface area contributed by atoms with Crippen LogP contribution in [0, 0.1) is 16.0 Å². The van der Waals surface area contributed by atoms with E-state index in [0.29, 0.717) is 36.6 Å². The number of non-ortho nitro benzene ring substituents is 1. The molecule has 154 valence electrons. The Morgan fingerprint density at radius 1 is 1.20 bits per heavy atom. The summed E-state index contributed by atoms with van der Waals surface area (Å²) < 4.78 is 10.7.